The zero-order valence-electron chi connectivity index (χ0n) is 13.9. The van der Waals surface area contributed by atoms with Gasteiger partial charge in [0.05, 0.1) is 10.9 Å². The molecule has 3 heterocycles. The van der Waals surface area contributed by atoms with Gasteiger partial charge in [0.1, 0.15) is 11.1 Å². The zero-order chi connectivity index (χ0) is 18.3. The molecule has 0 aliphatic carbocycles. The number of fused-ring (bicyclic) bond motifs is 2. The quantitative estimate of drug-likeness (QED) is 0.539. The number of carbonyl (C=O) groups is 1. The number of para-hydroxylation sites is 1. The van der Waals surface area contributed by atoms with Gasteiger partial charge < -0.3 is 5.32 Å². The number of amides is 1. The van der Waals surface area contributed by atoms with Crippen molar-refractivity contribution in [1.29, 1.82) is 5.41 Å². The summed E-state index contributed by atoms with van der Waals surface area (Å²) in [5, 5.41) is 11.3. The van der Waals surface area contributed by atoms with Crippen molar-refractivity contribution in [3.63, 3.8) is 0 Å². The minimum absolute atomic E-state index is 0.0322. The third-order valence-electron chi connectivity index (χ3n) is 4.21. The van der Waals surface area contributed by atoms with E-state index in [1.165, 1.54) is 22.1 Å². The minimum atomic E-state index is -0.431. The first-order valence-corrected chi connectivity index (χ1v) is 8.01. The van der Waals surface area contributed by atoms with E-state index < -0.39 is 5.91 Å². The molecule has 0 aliphatic heterocycles. The highest BCUT2D eigenvalue weighted by atomic mass is 16.1. The van der Waals surface area contributed by atoms with E-state index in [2.05, 4.69) is 10.3 Å². The van der Waals surface area contributed by atoms with E-state index in [1.54, 1.807) is 36.5 Å². The molecule has 2 N–H and O–H groups in total. The van der Waals surface area contributed by atoms with Gasteiger partial charge in [-0.15, -0.1) is 0 Å². The highest BCUT2D eigenvalue weighted by Gasteiger charge is 2.17. The number of nitrogens with one attached hydrogen (secondary N) is 2. The normalized spacial score (nSPS) is 11.0. The van der Waals surface area contributed by atoms with Crippen LogP contribution in [0, 0.1) is 5.41 Å². The first kappa shape index (κ1) is 15.8. The van der Waals surface area contributed by atoms with Crippen LogP contribution in [0.2, 0.25) is 0 Å². The van der Waals surface area contributed by atoms with E-state index in [0.717, 1.165) is 0 Å². The van der Waals surface area contributed by atoms with Crippen LogP contribution in [0.5, 0.6) is 0 Å². The van der Waals surface area contributed by atoms with Crippen LogP contribution in [-0.4, -0.2) is 26.9 Å². The fourth-order valence-electron chi connectivity index (χ4n) is 2.96. The third kappa shape index (κ3) is 2.29. The molecule has 0 radical (unpaired) electrons. The van der Waals surface area contributed by atoms with Gasteiger partial charge in [0, 0.05) is 18.9 Å². The van der Waals surface area contributed by atoms with Crippen LogP contribution in [0.4, 0.5) is 0 Å². The summed E-state index contributed by atoms with van der Waals surface area (Å²) < 4.78 is 2.95. The average Bonchev–Trinajstić information content (AvgIpc) is 2.68. The van der Waals surface area contributed by atoms with Crippen molar-refractivity contribution in [2.45, 2.75) is 0 Å². The molecule has 0 spiro atoms. The van der Waals surface area contributed by atoms with E-state index in [1.807, 2.05) is 18.2 Å². The lowest BCUT2D eigenvalue weighted by Gasteiger charge is -2.14. The number of aromatic nitrogens is 3. The Labute approximate surface area is 147 Å². The standard InChI is InChI=1S/C19H15N5O2/c1-21-18(25)13-11-14-17(22-15-9-5-6-10-23(15)19(14)26)24(16(13)20)12-7-3-2-4-8-12/h2-11,20H,1H3,(H,21,25). The third-order valence-corrected chi connectivity index (χ3v) is 4.21. The lowest BCUT2D eigenvalue weighted by molar-refractivity contribution is 0.0961. The minimum Gasteiger partial charge on any atom is -0.355 e. The molecule has 0 saturated carbocycles. The number of nitrogens with zero attached hydrogens (tertiary/aromatic N) is 3. The van der Waals surface area contributed by atoms with Crippen LogP contribution in [0.15, 0.2) is 65.6 Å². The van der Waals surface area contributed by atoms with Crippen LogP contribution in [0.25, 0.3) is 22.4 Å². The molecule has 4 aromatic rings. The van der Waals surface area contributed by atoms with Crippen LogP contribution in [0.3, 0.4) is 0 Å². The Hall–Kier alpha value is -3.74. The van der Waals surface area contributed by atoms with Gasteiger partial charge in [0.2, 0.25) is 0 Å². The summed E-state index contributed by atoms with van der Waals surface area (Å²) >= 11 is 0. The number of hydrogen-bond donors (Lipinski definition) is 2. The summed E-state index contributed by atoms with van der Waals surface area (Å²) in [4.78, 5) is 29.8. The average molecular weight is 345 g/mol. The molecular weight excluding hydrogens is 330 g/mol. The van der Waals surface area contributed by atoms with Gasteiger partial charge in [0.15, 0.2) is 5.65 Å². The van der Waals surface area contributed by atoms with Crippen molar-refractivity contribution < 1.29 is 4.79 Å². The fourth-order valence-corrected chi connectivity index (χ4v) is 2.96. The lowest BCUT2D eigenvalue weighted by atomic mass is 10.2. The van der Waals surface area contributed by atoms with E-state index >= 15 is 0 Å². The topological polar surface area (TPSA) is 92.2 Å². The zero-order valence-corrected chi connectivity index (χ0v) is 13.9. The second-order valence-electron chi connectivity index (χ2n) is 5.74. The molecule has 4 rings (SSSR count). The lowest BCUT2D eigenvalue weighted by Crippen LogP contribution is -2.33. The first-order valence-electron chi connectivity index (χ1n) is 8.01. The second kappa shape index (κ2) is 5.96. The van der Waals surface area contributed by atoms with Gasteiger partial charge in [0.25, 0.3) is 11.5 Å². The van der Waals surface area contributed by atoms with E-state index in [4.69, 9.17) is 5.41 Å². The van der Waals surface area contributed by atoms with Crippen molar-refractivity contribution in [2.24, 2.45) is 0 Å². The Bertz CT molecular complexity index is 1270. The summed E-state index contributed by atoms with van der Waals surface area (Å²) in [6.45, 7) is 0. The maximum atomic E-state index is 13.0. The largest absolute Gasteiger partial charge is 0.355 e. The molecule has 1 aromatic carbocycles. The van der Waals surface area contributed by atoms with Gasteiger partial charge in [-0.3, -0.25) is 24.0 Å². The van der Waals surface area contributed by atoms with E-state index in [9.17, 15) is 9.59 Å². The number of carbonyl (C=O) groups excluding carboxylic acids is 1. The van der Waals surface area contributed by atoms with Crippen molar-refractivity contribution in [1.82, 2.24) is 19.3 Å². The fraction of sp³-hybridized carbons (Fsp3) is 0.0526. The van der Waals surface area contributed by atoms with Crippen molar-refractivity contribution in [3.05, 3.63) is 82.2 Å². The molecule has 0 aliphatic rings. The molecule has 3 aromatic heterocycles. The van der Waals surface area contributed by atoms with Crippen molar-refractivity contribution in [2.75, 3.05) is 7.05 Å². The summed E-state index contributed by atoms with van der Waals surface area (Å²) in [5.74, 6) is -0.431. The molecule has 26 heavy (non-hydrogen) atoms. The Morgan fingerprint density at radius 1 is 1.12 bits per heavy atom. The molecule has 7 heteroatoms. The molecular formula is C19H15N5O2. The van der Waals surface area contributed by atoms with Gasteiger partial charge in [-0.05, 0) is 30.3 Å². The Kier molecular flexibility index (Phi) is 3.62. The number of pyridine rings is 2. The first-order chi connectivity index (χ1) is 12.6. The van der Waals surface area contributed by atoms with Crippen LogP contribution < -0.4 is 16.4 Å². The van der Waals surface area contributed by atoms with E-state index in [0.29, 0.717) is 17.0 Å². The van der Waals surface area contributed by atoms with Crippen LogP contribution in [0.1, 0.15) is 10.4 Å². The molecule has 0 saturated heterocycles. The predicted octanol–water partition coefficient (Wildman–Crippen LogP) is 1.48. The highest BCUT2D eigenvalue weighted by molar-refractivity contribution is 5.97. The molecule has 0 fully saturated rings. The summed E-state index contributed by atoms with van der Waals surface area (Å²) in [7, 11) is 1.49. The molecule has 0 atom stereocenters. The number of rotatable bonds is 2. The van der Waals surface area contributed by atoms with Gasteiger partial charge in [-0.1, -0.05) is 24.3 Å². The number of hydrogen-bond acceptors (Lipinski definition) is 4. The van der Waals surface area contributed by atoms with Crippen LogP contribution >= 0.6 is 0 Å². The second-order valence-corrected chi connectivity index (χ2v) is 5.74. The van der Waals surface area contributed by atoms with Gasteiger partial charge in [-0.25, -0.2) is 4.98 Å². The Morgan fingerprint density at radius 2 is 1.85 bits per heavy atom. The molecule has 7 nitrogen and oxygen atoms in total. The number of benzene rings is 1. The maximum absolute atomic E-state index is 13.0. The summed E-state index contributed by atoms with van der Waals surface area (Å²) in [6.07, 6.45) is 1.63. The Balaban J connectivity index is 2.26. The smallest absolute Gasteiger partial charge is 0.267 e. The van der Waals surface area contributed by atoms with Gasteiger partial charge >= 0.3 is 0 Å². The Morgan fingerprint density at radius 3 is 2.58 bits per heavy atom. The van der Waals surface area contributed by atoms with E-state index in [-0.39, 0.29) is 22.0 Å². The molecule has 128 valence electrons. The maximum Gasteiger partial charge on any atom is 0.267 e. The molecule has 0 bridgehead atoms. The van der Waals surface area contributed by atoms with Crippen molar-refractivity contribution in [3.8, 4) is 5.69 Å². The molecule has 1 amide bonds. The SMILES string of the molecule is CNC(=O)c1cc2c(=O)n3ccccc3nc2n(-c2ccccc2)c1=N. The van der Waals surface area contributed by atoms with Crippen LogP contribution in [-0.2, 0) is 0 Å². The van der Waals surface area contributed by atoms with Crippen molar-refractivity contribution >= 4 is 22.6 Å². The summed E-state index contributed by atoms with van der Waals surface area (Å²) in [5.41, 5.74) is 1.25. The summed E-state index contributed by atoms with van der Waals surface area (Å²) in [6, 6.07) is 15.8. The van der Waals surface area contributed by atoms with Gasteiger partial charge in [-0.2, -0.15) is 0 Å². The monoisotopic (exact) mass is 345 g/mol. The predicted molar refractivity (Wildman–Crippen MR) is 97.5 cm³/mol. The highest BCUT2D eigenvalue weighted by Crippen LogP contribution is 2.15. The molecule has 0 unspecified atom stereocenters.